The van der Waals surface area contributed by atoms with Crippen LogP contribution in [-0.2, 0) is 0 Å². The molecule has 3 fully saturated rings. The minimum atomic E-state index is 0.409. The fourth-order valence-electron chi connectivity index (χ4n) is 6.45. The molecule has 0 bridgehead atoms. The summed E-state index contributed by atoms with van der Waals surface area (Å²) in [5.41, 5.74) is 7.02. The van der Waals surface area contributed by atoms with Crippen LogP contribution in [0.2, 0.25) is 0 Å². The highest BCUT2D eigenvalue weighted by molar-refractivity contribution is 5.02. The molecule has 0 saturated heterocycles. The molecule has 0 aromatic rings. The smallest absolute Gasteiger partial charge is 0.0462 e. The van der Waals surface area contributed by atoms with Gasteiger partial charge in [-0.15, -0.1) is 0 Å². The van der Waals surface area contributed by atoms with E-state index in [-0.39, 0.29) is 0 Å². The summed E-state index contributed by atoms with van der Waals surface area (Å²) in [6.07, 6.45) is 10.7. The van der Waals surface area contributed by atoms with Crippen molar-refractivity contribution >= 4 is 0 Å². The Morgan fingerprint density at radius 2 is 1.73 bits per heavy atom. The summed E-state index contributed by atoms with van der Waals surface area (Å²) in [5, 5.41) is 9.99. The van der Waals surface area contributed by atoms with Crippen molar-refractivity contribution in [3.63, 3.8) is 0 Å². The second-order valence-electron chi connectivity index (χ2n) is 9.52. The topological polar surface area (TPSA) is 46.2 Å². The van der Waals surface area contributed by atoms with Crippen LogP contribution in [0, 0.1) is 40.4 Å². The normalized spacial score (nSPS) is 52.0. The third kappa shape index (κ3) is 2.75. The predicted octanol–water partition coefficient (Wildman–Crippen LogP) is 4.21. The Hall–Kier alpha value is -0.0800. The predicted molar refractivity (Wildman–Crippen MR) is 92.4 cm³/mol. The highest BCUT2D eigenvalue weighted by Crippen LogP contribution is 2.59. The van der Waals surface area contributed by atoms with Crippen molar-refractivity contribution in [2.45, 2.75) is 72.1 Å². The minimum Gasteiger partial charge on any atom is -0.396 e. The van der Waals surface area contributed by atoms with Gasteiger partial charge in [-0.3, -0.25) is 0 Å². The van der Waals surface area contributed by atoms with E-state index in [2.05, 4.69) is 20.8 Å². The Kier molecular flexibility index (Phi) is 4.64. The van der Waals surface area contributed by atoms with Gasteiger partial charge >= 0.3 is 0 Å². The van der Waals surface area contributed by atoms with E-state index in [0.29, 0.717) is 23.4 Å². The maximum atomic E-state index is 9.99. The maximum absolute atomic E-state index is 9.99. The molecule has 128 valence electrons. The van der Waals surface area contributed by atoms with Gasteiger partial charge in [-0.1, -0.05) is 27.2 Å². The lowest BCUT2D eigenvalue weighted by Gasteiger charge is -2.54. The lowest BCUT2D eigenvalue weighted by atomic mass is 9.52. The number of hydrogen-bond acceptors (Lipinski definition) is 2. The van der Waals surface area contributed by atoms with Crippen LogP contribution in [0.25, 0.3) is 0 Å². The van der Waals surface area contributed by atoms with E-state index in [1.54, 1.807) is 0 Å². The second kappa shape index (κ2) is 6.09. The molecular weight excluding hydrogens is 270 g/mol. The summed E-state index contributed by atoms with van der Waals surface area (Å²) < 4.78 is 0. The Morgan fingerprint density at radius 3 is 2.36 bits per heavy atom. The molecule has 0 amide bonds. The largest absolute Gasteiger partial charge is 0.396 e. The van der Waals surface area contributed by atoms with E-state index >= 15 is 0 Å². The van der Waals surface area contributed by atoms with Crippen LogP contribution >= 0.6 is 0 Å². The van der Waals surface area contributed by atoms with Crippen LogP contribution in [0.15, 0.2) is 0 Å². The molecule has 3 aliphatic carbocycles. The van der Waals surface area contributed by atoms with Gasteiger partial charge in [0.2, 0.25) is 0 Å². The average Bonchev–Trinajstić information content (AvgIpc) is 2.85. The second-order valence-corrected chi connectivity index (χ2v) is 9.52. The van der Waals surface area contributed by atoms with Gasteiger partial charge in [0.05, 0.1) is 0 Å². The zero-order valence-corrected chi connectivity index (χ0v) is 15.0. The Morgan fingerprint density at radius 1 is 1.00 bits per heavy atom. The van der Waals surface area contributed by atoms with Crippen molar-refractivity contribution in [1.82, 2.24) is 0 Å². The number of nitrogens with two attached hydrogens (primary N) is 1. The summed E-state index contributed by atoms with van der Waals surface area (Å²) in [4.78, 5) is 0. The quantitative estimate of drug-likeness (QED) is 0.820. The van der Waals surface area contributed by atoms with Crippen molar-refractivity contribution in [2.75, 3.05) is 13.2 Å². The van der Waals surface area contributed by atoms with Crippen LogP contribution in [-0.4, -0.2) is 18.3 Å². The number of rotatable bonds is 3. The van der Waals surface area contributed by atoms with Gasteiger partial charge in [-0.05, 0) is 91.9 Å². The molecule has 2 nitrogen and oxygen atoms in total. The summed E-state index contributed by atoms with van der Waals surface area (Å²) in [7, 11) is 0. The van der Waals surface area contributed by atoms with Crippen molar-refractivity contribution in [2.24, 2.45) is 46.2 Å². The molecule has 3 saturated carbocycles. The zero-order valence-electron chi connectivity index (χ0n) is 15.0. The van der Waals surface area contributed by atoms with E-state index in [4.69, 9.17) is 5.73 Å². The van der Waals surface area contributed by atoms with Gasteiger partial charge in [0.1, 0.15) is 0 Å². The van der Waals surface area contributed by atoms with Gasteiger partial charge in [-0.2, -0.15) is 0 Å². The number of aliphatic hydroxyl groups is 1. The molecule has 0 heterocycles. The number of hydrogen-bond donors (Lipinski definition) is 2. The summed E-state index contributed by atoms with van der Waals surface area (Å²) in [6.45, 7) is 8.52. The fourth-order valence-corrected chi connectivity index (χ4v) is 6.45. The van der Waals surface area contributed by atoms with Crippen LogP contribution in [0.4, 0.5) is 0 Å². The van der Waals surface area contributed by atoms with E-state index in [1.807, 2.05) is 0 Å². The average molecular weight is 308 g/mol. The van der Waals surface area contributed by atoms with Crippen LogP contribution < -0.4 is 5.73 Å². The molecule has 5 unspecified atom stereocenters. The first-order valence-corrected chi connectivity index (χ1v) is 9.75. The fraction of sp³-hybridized carbons (Fsp3) is 1.00. The Labute approximate surface area is 137 Å². The van der Waals surface area contributed by atoms with E-state index in [0.717, 1.165) is 30.2 Å². The molecule has 2 heteroatoms. The number of aliphatic hydroxyl groups excluding tert-OH is 1. The van der Waals surface area contributed by atoms with Gasteiger partial charge in [-0.25, -0.2) is 0 Å². The SMILES string of the molecule is CC[C@@]1(C)CC2CCC3C(CCC(CO)C2C1)C[C@@]3(C)CN. The van der Waals surface area contributed by atoms with E-state index < -0.39 is 0 Å². The third-order valence-electron chi connectivity index (χ3n) is 8.20. The molecular formula is C20H37NO. The summed E-state index contributed by atoms with van der Waals surface area (Å²) in [5.74, 6) is 3.92. The highest BCUT2D eigenvalue weighted by Gasteiger charge is 2.51. The van der Waals surface area contributed by atoms with Crippen molar-refractivity contribution in [1.29, 1.82) is 0 Å². The summed E-state index contributed by atoms with van der Waals surface area (Å²) >= 11 is 0. The Balaban J connectivity index is 1.76. The molecule has 7 atom stereocenters. The molecule has 0 radical (unpaired) electrons. The minimum absolute atomic E-state index is 0.409. The first-order valence-electron chi connectivity index (χ1n) is 9.75. The lowest BCUT2D eigenvalue weighted by molar-refractivity contribution is -0.0339. The first kappa shape index (κ1) is 16.8. The van der Waals surface area contributed by atoms with Crippen LogP contribution in [0.5, 0.6) is 0 Å². The zero-order chi connectivity index (χ0) is 16.0. The van der Waals surface area contributed by atoms with Gasteiger partial charge in [0.15, 0.2) is 0 Å². The van der Waals surface area contributed by atoms with Gasteiger partial charge in [0, 0.05) is 6.61 Å². The monoisotopic (exact) mass is 307 g/mol. The Bertz CT molecular complexity index is 397. The molecule has 0 aliphatic heterocycles. The molecule has 0 aromatic heterocycles. The molecule has 0 spiro atoms. The molecule has 3 rings (SSSR count). The first-order chi connectivity index (χ1) is 10.4. The maximum Gasteiger partial charge on any atom is 0.0462 e. The summed E-state index contributed by atoms with van der Waals surface area (Å²) in [6, 6.07) is 0. The van der Waals surface area contributed by atoms with Crippen LogP contribution in [0.3, 0.4) is 0 Å². The highest BCUT2D eigenvalue weighted by atomic mass is 16.3. The van der Waals surface area contributed by atoms with Crippen molar-refractivity contribution in [3.05, 3.63) is 0 Å². The van der Waals surface area contributed by atoms with E-state index in [9.17, 15) is 5.11 Å². The molecule has 0 aromatic carbocycles. The van der Waals surface area contributed by atoms with Crippen LogP contribution in [0.1, 0.15) is 72.1 Å². The van der Waals surface area contributed by atoms with Crippen molar-refractivity contribution < 1.29 is 5.11 Å². The lowest BCUT2D eigenvalue weighted by Crippen LogP contribution is -2.50. The van der Waals surface area contributed by atoms with Crippen molar-refractivity contribution in [3.8, 4) is 0 Å². The molecule has 3 N–H and O–H groups in total. The van der Waals surface area contributed by atoms with Gasteiger partial charge < -0.3 is 10.8 Å². The standard InChI is InChI=1S/C20H37NO/c1-4-19(2)9-14-7-8-18-15(10-20(18,3)13-21)5-6-16(12-22)17(14)11-19/h14-18,22H,4-13,21H2,1-3H3/t14?,15?,16?,17?,18?,19-,20-/m0/s1. The number of fused-ring (bicyclic) bond motifs is 2. The molecule has 3 aliphatic rings. The van der Waals surface area contributed by atoms with Gasteiger partial charge in [0.25, 0.3) is 0 Å². The third-order valence-corrected chi connectivity index (χ3v) is 8.20. The van der Waals surface area contributed by atoms with E-state index in [1.165, 1.54) is 51.4 Å². The molecule has 22 heavy (non-hydrogen) atoms.